The van der Waals surface area contributed by atoms with E-state index in [1.165, 1.54) is 25.7 Å². The Morgan fingerprint density at radius 2 is 2.24 bits per heavy atom. The number of nitrogens with zero attached hydrogens (tertiary/aromatic N) is 2. The Bertz CT molecular complexity index is 392. The molecule has 0 amide bonds. The number of aryl methyl sites for hydroxylation is 1. The molecule has 17 heavy (non-hydrogen) atoms. The molecular formula is C13H20N2O2. The Morgan fingerprint density at radius 3 is 2.88 bits per heavy atom. The Kier molecular flexibility index (Phi) is 3.82. The molecule has 1 aromatic heterocycles. The van der Waals surface area contributed by atoms with Gasteiger partial charge in [-0.3, -0.25) is 4.68 Å². The van der Waals surface area contributed by atoms with E-state index < -0.39 is 0 Å². The van der Waals surface area contributed by atoms with Crippen LogP contribution in [0.2, 0.25) is 0 Å². The number of rotatable bonds is 4. The van der Waals surface area contributed by atoms with Crippen LogP contribution in [-0.2, 0) is 11.3 Å². The number of hydrogen-bond donors (Lipinski definition) is 0. The fourth-order valence-corrected chi connectivity index (χ4v) is 2.44. The van der Waals surface area contributed by atoms with E-state index in [0.29, 0.717) is 12.3 Å². The van der Waals surface area contributed by atoms with E-state index >= 15 is 0 Å². The van der Waals surface area contributed by atoms with Crippen molar-refractivity contribution in [3.63, 3.8) is 0 Å². The minimum absolute atomic E-state index is 0.319. The molecule has 1 fully saturated rings. The summed E-state index contributed by atoms with van der Waals surface area (Å²) in [5.74, 6) is 0.407. The highest BCUT2D eigenvalue weighted by molar-refractivity contribution is 5.87. The Hall–Kier alpha value is -1.32. The molecule has 94 valence electrons. The monoisotopic (exact) mass is 236 g/mol. The Balaban J connectivity index is 2.04. The third kappa shape index (κ3) is 2.87. The summed E-state index contributed by atoms with van der Waals surface area (Å²) in [4.78, 5) is 11.5. The van der Waals surface area contributed by atoms with Gasteiger partial charge in [0.25, 0.3) is 0 Å². The molecule has 0 atom stereocenters. The predicted molar refractivity (Wildman–Crippen MR) is 64.9 cm³/mol. The van der Waals surface area contributed by atoms with Crippen LogP contribution in [0.25, 0.3) is 0 Å². The lowest BCUT2D eigenvalue weighted by atomic mass is 10.1. The lowest BCUT2D eigenvalue weighted by Crippen LogP contribution is -2.12. The van der Waals surface area contributed by atoms with Gasteiger partial charge >= 0.3 is 5.97 Å². The van der Waals surface area contributed by atoms with Crippen molar-refractivity contribution in [1.29, 1.82) is 0 Å². The zero-order valence-corrected chi connectivity index (χ0v) is 10.6. The van der Waals surface area contributed by atoms with Crippen LogP contribution in [0.15, 0.2) is 6.07 Å². The minimum atomic E-state index is -0.319. The predicted octanol–water partition coefficient (Wildman–Crippen LogP) is 2.56. The van der Waals surface area contributed by atoms with Crippen LogP contribution in [0.3, 0.4) is 0 Å². The number of hydrogen-bond acceptors (Lipinski definition) is 3. The highest BCUT2D eigenvalue weighted by atomic mass is 16.5. The molecular weight excluding hydrogens is 216 g/mol. The number of carbonyl (C=O) groups excluding carboxylic acids is 1. The van der Waals surface area contributed by atoms with Crippen molar-refractivity contribution in [3.05, 3.63) is 17.5 Å². The van der Waals surface area contributed by atoms with E-state index in [1.54, 1.807) is 6.92 Å². The molecule has 0 aliphatic heterocycles. The zero-order valence-electron chi connectivity index (χ0n) is 10.6. The largest absolute Gasteiger partial charge is 0.461 e. The van der Waals surface area contributed by atoms with Crippen LogP contribution in [0.5, 0.6) is 0 Å². The van der Waals surface area contributed by atoms with Gasteiger partial charge in [-0.05, 0) is 38.7 Å². The first-order valence-electron chi connectivity index (χ1n) is 6.42. The standard InChI is InChI=1S/C13H20N2O2/c1-3-17-13(16)12-8-10(2)15(14-12)9-11-6-4-5-7-11/h8,11H,3-7,9H2,1-2H3. The number of ether oxygens (including phenoxy) is 1. The number of aromatic nitrogens is 2. The first kappa shape index (κ1) is 12.1. The molecule has 1 aliphatic rings. The number of carbonyl (C=O) groups is 1. The van der Waals surface area contributed by atoms with Crippen LogP contribution in [0, 0.1) is 12.8 Å². The summed E-state index contributed by atoms with van der Waals surface area (Å²) in [5.41, 5.74) is 1.47. The van der Waals surface area contributed by atoms with Gasteiger partial charge in [-0.15, -0.1) is 0 Å². The highest BCUT2D eigenvalue weighted by Gasteiger charge is 2.19. The Labute approximate surface area is 102 Å². The van der Waals surface area contributed by atoms with E-state index in [1.807, 2.05) is 17.7 Å². The molecule has 0 unspecified atom stereocenters. The van der Waals surface area contributed by atoms with Crippen LogP contribution < -0.4 is 0 Å². The van der Waals surface area contributed by atoms with Gasteiger partial charge < -0.3 is 4.74 Å². The normalized spacial score (nSPS) is 16.4. The highest BCUT2D eigenvalue weighted by Crippen LogP contribution is 2.26. The van der Waals surface area contributed by atoms with Gasteiger partial charge in [0, 0.05) is 12.2 Å². The van der Waals surface area contributed by atoms with Crippen molar-refractivity contribution in [2.75, 3.05) is 6.61 Å². The molecule has 4 nitrogen and oxygen atoms in total. The fraction of sp³-hybridized carbons (Fsp3) is 0.692. The summed E-state index contributed by atoms with van der Waals surface area (Å²) in [6.07, 6.45) is 5.23. The van der Waals surface area contributed by atoms with Crippen molar-refractivity contribution < 1.29 is 9.53 Å². The molecule has 1 aromatic rings. The molecule has 1 aliphatic carbocycles. The van der Waals surface area contributed by atoms with E-state index in [-0.39, 0.29) is 5.97 Å². The molecule has 2 rings (SSSR count). The van der Waals surface area contributed by atoms with E-state index in [2.05, 4.69) is 5.10 Å². The van der Waals surface area contributed by atoms with E-state index in [9.17, 15) is 4.79 Å². The first-order chi connectivity index (χ1) is 8.20. The maximum atomic E-state index is 11.5. The first-order valence-corrected chi connectivity index (χ1v) is 6.42. The van der Waals surface area contributed by atoms with Gasteiger partial charge in [-0.2, -0.15) is 5.10 Å². The van der Waals surface area contributed by atoms with E-state index in [0.717, 1.165) is 18.2 Å². The lowest BCUT2D eigenvalue weighted by molar-refractivity contribution is 0.0518. The molecule has 1 saturated carbocycles. The average molecular weight is 236 g/mol. The van der Waals surface area contributed by atoms with Gasteiger partial charge in [-0.25, -0.2) is 4.79 Å². The lowest BCUT2D eigenvalue weighted by Gasteiger charge is -2.10. The van der Waals surface area contributed by atoms with Crippen LogP contribution in [-0.4, -0.2) is 22.4 Å². The van der Waals surface area contributed by atoms with Crippen molar-refractivity contribution in [3.8, 4) is 0 Å². The molecule has 0 saturated heterocycles. The summed E-state index contributed by atoms with van der Waals surface area (Å²) in [7, 11) is 0. The van der Waals surface area contributed by atoms with Gasteiger partial charge in [0.15, 0.2) is 5.69 Å². The summed E-state index contributed by atoms with van der Waals surface area (Å²) < 4.78 is 6.90. The van der Waals surface area contributed by atoms with Crippen molar-refractivity contribution in [1.82, 2.24) is 9.78 Å². The molecule has 0 aromatic carbocycles. The molecule has 0 N–H and O–H groups in total. The van der Waals surface area contributed by atoms with Gasteiger partial charge in [0.05, 0.1) is 6.61 Å². The fourth-order valence-electron chi connectivity index (χ4n) is 2.44. The topological polar surface area (TPSA) is 44.1 Å². The molecule has 0 bridgehead atoms. The van der Waals surface area contributed by atoms with Gasteiger partial charge in [0.2, 0.25) is 0 Å². The van der Waals surface area contributed by atoms with Crippen molar-refractivity contribution in [2.24, 2.45) is 5.92 Å². The summed E-state index contributed by atoms with van der Waals surface area (Å²) in [5, 5.41) is 4.33. The van der Waals surface area contributed by atoms with E-state index in [4.69, 9.17) is 4.74 Å². The second-order valence-electron chi connectivity index (χ2n) is 4.72. The third-order valence-electron chi connectivity index (χ3n) is 3.37. The second kappa shape index (κ2) is 5.34. The quantitative estimate of drug-likeness (QED) is 0.755. The summed E-state index contributed by atoms with van der Waals surface area (Å²) in [6, 6.07) is 1.81. The summed E-state index contributed by atoms with van der Waals surface area (Å²) in [6.45, 7) is 5.13. The Morgan fingerprint density at radius 1 is 1.53 bits per heavy atom. The van der Waals surface area contributed by atoms with Crippen molar-refractivity contribution >= 4 is 5.97 Å². The van der Waals surface area contributed by atoms with Gasteiger partial charge in [0.1, 0.15) is 0 Å². The smallest absolute Gasteiger partial charge is 0.358 e. The SMILES string of the molecule is CCOC(=O)c1cc(C)n(CC2CCCC2)n1. The van der Waals surface area contributed by atoms with Crippen LogP contribution in [0.1, 0.15) is 48.8 Å². The van der Waals surface area contributed by atoms with Gasteiger partial charge in [-0.1, -0.05) is 12.8 Å². The third-order valence-corrected chi connectivity index (χ3v) is 3.37. The second-order valence-corrected chi connectivity index (χ2v) is 4.72. The minimum Gasteiger partial charge on any atom is -0.461 e. The molecule has 0 radical (unpaired) electrons. The maximum Gasteiger partial charge on any atom is 0.358 e. The van der Waals surface area contributed by atoms with Crippen LogP contribution in [0.4, 0.5) is 0 Å². The number of esters is 1. The van der Waals surface area contributed by atoms with Crippen molar-refractivity contribution in [2.45, 2.75) is 46.1 Å². The molecule has 1 heterocycles. The zero-order chi connectivity index (χ0) is 12.3. The molecule has 0 spiro atoms. The average Bonchev–Trinajstić information content (AvgIpc) is 2.91. The maximum absolute atomic E-state index is 11.5. The summed E-state index contributed by atoms with van der Waals surface area (Å²) >= 11 is 0. The van der Waals surface area contributed by atoms with Crippen LogP contribution >= 0.6 is 0 Å². The molecule has 4 heteroatoms.